The first-order valence-electron chi connectivity index (χ1n) is 8.56. The molecule has 0 radical (unpaired) electrons. The van der Waals surface area contributed by atoms with Gasteiger partial charge in [-0.3, -0.25) is 0 Å². The van der Waals surface area contributed by atoms with Gasteiger partial charge in [-0.15, -0.1) is 0 Å². The summed E-state index contributed by atoms with van der Waals surface area (Å²) in [5, 5.41) is 15.1. The molecule has 1 amide bonds. The minimum absolute atomic E-state index is 0.141. The summed E-state index contributed by atoms with van der Waals surface area (Å²) in [4.78, 5) is 17.0. The van der Waals surface area contributed by atoms with E-state index in [1.165, 1.54) is 0 Å². The van der Waals surface area contributed by atoms with Crippen molar-refractivity contribution in [3.63, 3.8) is 0 Å². The average Bonchev–Trinajstić information content (AvgIpc) is 2.59. The van der Waals surface area contributed by atoms with Crippen LogP contribution in [0.25, 0.3) is 10.4 Å². The molecule has 0 spiro atoms. The number of aliphatic hydroxyl groups is 1. The molecule has 1 aliphatic rings. The molecular formula is C18H26N4O3. The quantitative estimate of drug-likeness (QED) is 0.507. The fourth-order valence-corrected chi connectivity index (χ4v) is 3.22. The van der Waals surface area contributed by atoms with Gasteiger partial charge < -0.3 is 14.7 Å². The number of benzene rings is 1. The Labute approximate surface area is 148 Å². The number of nitrogens with zero attached hydrogens (tertiary/aromatic N) is 4. The van der Waals surface area contributed by atoms with E-state index in [2.05, 4.69) is 10.0 Å². The zero-order chi connectivity index (χ0) is 18.5. The fraction of sp³-hybridized carbons (Fsp3) is 0.611. The molecule has 1 N–H and O–H groups in total. The van der Waals surface area contributed by atoms with Crippen molar-refractivity contribution in [1.29, 1.82) is 0 Å². The van der Waals surface area contributed by atoms with Crippen LogP contribution < -0.4 is 0 Å². The summed E-state index contributed by atoms with van der Waals surface area (Å²) in [7, 11) is 0. The maximum absolute atomic E-state index is 12.7. The lowest BCUT2D eigenvalue weighted by Crippen LogP contribution is -2.57. The number of amides is 1. The van der Waals surface area contributed by atoms with Crippen LogP contribution in [0.15, 0.2) is 35.4 Å². The second-order valence-electron chi connectivity index (χ2n) is 7.36. The van der Waals surface area contributed by atoms with E-state index in [0.717, 1.165) is 12.8 Å². The number of azide groups is 1. The van der Waals surface area contributed by atoms with Crippen LogP contribution in [-0.4, -0.2) is 40.8 Å². The standard InChI is InChI=1S/C18H26N4O3/c1-17(2,3)25-16(23)22-12-8-7-11-15(22)18(24,13-20-21-19)14-9-5-4-6-10-14/h4-6,9-10,15,24H,7-8,11-13H2,1-3H3/t15-,18-/m1/s1. The summed E-state index contributed by atoms with van der Waals surface area (Å²) >= 11 is 0. The van der Waals surface area contributed by atoms with Crippen LogP contribution in [-0.2, 0) is 10.3 Å². The van der Waals surface area contributed by atoms with Gasteiger partial charge in [0, 0.05) is 11.5 Å². The maximum atomic E-state index is 12.7. The monoisotopic (exact) mass is 346 g/mol. The summed E-state index contributed by atoms with van der Waals surface area (Å²) in [5.74, 6) is 0. The van der Waals surface area contributed by atoms with E-state index in [4.69, 9.17) is 10.3 Å². The Hall–Kier alpha value is -2.24. The lowest BCUT2D eigenvalue weighted by Gasteiger charge is -2.45. The molecule has 1 fully saturated rings. The van der Waals surface area contributed by atoms with Crippen LogP contribution in [0.1, 0.15) is 45.6 Å². The first kappa shape index (κ1) is 19.1. The minimum atomic E-state index is -1.45. The third-order valence-corrected chi connectivity index (χ3v) is 4.33. The summed E-state index contributed by atoms with van der Waals surface area (Å²) in [6.07, 6.45) is 1.90. The molecule has 2 atom stereocenters. The Morgan fingerprint density at radius 1 is 1.36 bits per heavy atom. The topological polar surface area (TPSA) is 98.5 Å². The van der Waals surface area contributed by atoms with Gasteiger partial charge in [0.1, 0.15) is 11.2 Å². The lowest BCUT2D eigenvalue weighted by atomic mass is 9.81. The highest BCUT2D eigenvalue weighted by Gasteiger charge is 2.45. The summed E-state index contributed by atoms with van der Waals surface area (Å²) in [6, 6.07) is 8.55. The SMILES string of the molecule is CC(C)(C)OC(=O)N1CCCC[C@@H]1[C@@](O)(CN=[N+]=[N-])c1ccccc1. The molecule has 7 heteroatoms. The van der Waals surface area contributed by atoms with Gasteiger partial charge in [0.05, 0.1) is 12.6 Å². The molecule has 25 heavy (non-hydrogen) atoms. The van der Waals surface area contributed by atoms with Crippen molar-refractivity contribution in [2.75, 3.05) is 13.1 Å². The van der Waals surface area contributed by atoms with Crippen molar-refractivity contribution in [3.8, 4) is 0 Å². The van der Waals surface area contributed by atoms with Gasteiger partial charge in [0.25, 0.3) is 0 Å². The van der Waals surface area contributed by atoms with E-state index in [1.54, 1.807) is 17.0 Å². The minimum Gasteiger partial charge on any atom is -0.444 e. The molecule has 1 aromatic rings. The second kappa shape index (κ2) is 7.76. The normalized spacial score (nSPS) is 20.3. The van der Waals surface area contributed by atoms with Crippen LogP contribution in [0.3, 0.4) is 0 Å². The molecule has 2 rings (SSSR count). The van der Waals surface area contributed by atoms with Crippen molar-refractivity contribution in [3.05, 3.63) is 46.3 Å². The van der Waals surface area contributed by atoms with Gasteiger partial charge >= 0.3 is 6.09 Å². The molecule has 7 nitrogen and oxygen atoms in total. The van der Waals surface area contributed by atoms with Crippen LogP contribution in [0.5, 0.6) is 0 Å². The maximum Gasteiger partial charge on any atom is 0.410 e. The Kier molecular flexibility index (Phi) is 5.93. The van der Waals surface area contributed by atoms with Crippen LogP contribution in [0, 0.1) is 0 Å². The third kappa shape index (κ3) is 4.65. The van der Waals surface area contributed by atoms with Gasteiger partial charge in [0.15, 0.2) is 0 Å². The van der Waals surface area contributed by atoms with Gasteiger partial charge in [-0.1, -0.05) is 35.4 Å². The molecule has 0 aliphatic carbocycles. The van der Waals surface area contributed by atoms with E-state index < -0.39 is 23.3 Å². The highest BCUT2D eigenvalue weighted by molar-refractivity contribution is 5.69. The van der Waals surface area contributed by atoms with Crippen LogP contribution >= 0.6 is 0 Å². The highest BCUT2D eigenvalue weighted by Crippen LogP contribution is 2.35. The molecule has 0 unspecified atom stereocenters. The van der Waals surface area contributed by atoms with Gasteiger partial charge in [-0.25, -0.2) is 4.79 Å². The van der Waals surface area contributed by atoms with E-state index in [0.29, 0.717) is 18.5 Å². The second-order valence-corrected chi connectivity index (χ2v) is 7.36. The molecule has 0 bridgehead atoms. The van der Waals surface area contributed by atoms with Gasteiger partial charge in [-0.2, -0.15) is 0 Å². The summed E-state index contributed by atoms with van der Waals surface area (Å²) < 4.78 is 5.52. The van der Waals surface area contributed by atoms with Crippen molar-refractivity contribution in [1.82, 2.24) is 4.90 Å². The van der Waals surface area contributed by atoms with Gasteiger partial charge in [-0.05, 0) is 51.1 Å². The lowest BCUT2D eigenvalue weighted by molar-refractivity contribution is -0.0677. The van der Waals surface area contributed by atoms with Crippen molar-refractivity contribution in [2.45, 2.75) is 57.3 Å². The molecule has 0 aromatic heterocycles. The van der Waals surface area contributed by atoms with E-state index in [-0.39, 0.29) is 6.54 Å². The number of likely N-dealkylation sites (tertiary alicyclic amines) is 1. The number of carbonyl (C=O) groups is 1. The zero-order valence-corrected chi connectivity index (χ0v) is 15.1. The number of rotatable bonds is 4. The van der Waals surface area contributed by atoms with Crippen molar-refractivity contribution in [2.24, 2.45) is 5.11 Å². The molecule has 1 aromatic carbocycles. The smallest absolute Gasteiger partial charge is 0.410 e. The predicted octanol–water partition coefficient (Wildman–Crippen LogP) is 3.97. The summed E-state index contributed by atoms with van der Waals surface area (Å²) in [6.45, 7) is 5.80. The first-order valence-corrected chi connectivity index (χ1v) is 8.56. The number of piperidine rings is 1. The van der Waals surface area contributed by atoms with E-state index in [9.17, 15) is 9.90 Å². The third-order valence-electron chi connectivity index (χ3n) is 4.33. The first-order chi connectivity index (χ1) is 11.8. The molecule has 1 aliphatic heterocycles. The number of ether oxygens (including phenoxy) is 1. The number of carbonyl (C=O) groups excluding carboxylic acids is 1. The molecule has 0 saturated carbocycles. The highest BCUT2D eigenvalue weighted by atomic mass is 16.6. The zero-order valence-electron chi connectivity index (χ0n) is 15.1. The van der Waals surface area contributed by atoms with Gasteiger partial charge in [0.2, 0.25) is 0 Å². The Balaban J connectivity index is 2.38. The van der Waals surface area contributed by atoms with E-state index >= 15 is 0 Å². The Bertz CT molecular complexity index is 637. The average molecular weight is 346 g/mol. The Morgan fingerprint density at radius 2 is 2.04 bits per heavy atom. The number of hydrogen-bond donors (Lipinski definition) is 1. The predicted molar refractivity (Wildman–Crippen MR) is 94.9 cm³/mol. The molecular weight excluding hydrogens is 320 g/mol. The molecule has 136 valence electrons. The van der Waals surface area contributed by atoms with Crippen molar-refractivity contribution >= 4 is 6.09 Å². The fourth-order valence-electron chi connectivity index (χ4n) is 3.22. The van der Waals surface area contributed by atoms with E-state index in [1.807, 2.05) is 39.0 Å². The number of hydrogen-bond acceptors (Lipinski definition) is 4. The van der Waals surface area contributed by atoms with Crippen LogP contribution in [0.4, 0.5) is 4.79 Å². The molecule has 1 saturated heterocycles. The largest absolute Gasteiger partial charge is 0.444 e. The molecule has 1 heterocycles. The summed E-state index contributed by atoms with van der Waals surface area (Å²) in [5.41, 5.74) is 7.30. The van der Waals surface area contributed by atoms with Crippen molar-refractivity contribution < 1.29 is 14.6 Å². The Morgan fingerprint density at radius 3 is 2.64 bits per heavy atom. The van der Waals surface area contributed by atoms with Crippen LogP contribution in [0.2, 0.25) is 0 Å².